The highest BCUT2D eigenvalue weighted by atomic mass is 16.6. The average molecular weight is 561 g/mol. The monoisotopic (exact) mass is 560 g/mol. The van der Waals surface area contributed by atoms with Crippen molar-refractivity contribution in [1.82, 2.24) is 0 Å². The molecule has 40 heavy (non-hydrogen) atoms. The number of ether oxygens (including phenoxy) is 3. The van der Waals surface area contributed by atoms with Gasteiger partial charge in [-0.05, 0) is 99.2 Å². The molecule has 0 aromatic heterocycles. The molecule has 0 heterocycles. The summed E-state index contributed by atoms with van der Waals surface area (Å²) in [6.07, 6.45) is 10.1. The number of carbonyl (C=O) groups is 3. The van der Waals surface area contributed by atoms with Crippen LogP contribution in [0.15, 0.2) is 11.6 Å². The molecule has 3 saturated carbocycles. The van der Waals surface area contributed by atoms with E-state index in [9.17, 15) is 19.5 Å². The molecule has 4 aliphatic carbocycles. The first-order chi connectivity index (χ1) is 18.6. The number of fused-ring (bicyclic) bond motifs is 5. The Morgan fingerprint density at radius 3 is 2.25 bits per heavy atom. The second kappa shape index (κ2) is 11.4. The molecule has 1 N–H and O–H groups in total. The highest BCUT2D eigenvalue weighted by molar-refractivity contribution is 5.67. The molecule has 0 aromatic rings. The van der Waals surface area contributed by atoms with Gasteiger partial charge in [-0.1, -0.05) is 32.4 Å². The van der Waals surface area contributed by atoms with Crippen molar-refractivity contribution in [2.24, 2.45) is 40.4 Å². The van der Waals surface area contributed by atoms with Crippen LogP contribution in [0.2, 0.25) is 0 Å². The third-order valence-corrected chi connectivity index (χ3v) is 11.5. The lowest BCUT2D eigenvalue weighted by atomic mass is 9.47. The first-order valence-corrected chi connectivity index (χ1v) is 15.5. The predicted molar refractivity (Wildman–Crippen MR) is 152 cm³/mol. The zero-order chi connectivity index (χ0) is 29.6. The lowest BCUT2D eigenvalue weighted by molar-refractivity contribution is -0.170. The highest BCUT2D eigenvalue weighted by Crippen LogP contribution is 2.67. The SMILES string of the molecule is CC(=O)OC1CCC2(C)C(=CCC3C2CCC2(C)C(C(C)C(CC(OC(C)=O)C(C)(C)O)OC(C)=O)CCC32)C1. The third-order valence-electron chi connectivity index (χ3n) is 11.5. The molecule has 0 spiro atoms. The standard InChI is InChI=1S/C33H52O7/c1-19(29(39-21(3)35)18-30(31(5,6)37)40-22(4)36)26-11-12-27-25-10-9-23-17-24(38-20(2)34)13-15-32(23,7)28(25)14-16-33(26,27)8/h9,19,24-30,37H,10-18H2,1-8H3. The summed E-state index contributed by atoms with van der Waals surface area (Å²) in [5, 5.41) is 10.8. The highest BCUT2D eigenvalue weighted by Gasteiger charge is 2.60. The van der Waals surface area contributed by atoms with Gasteiger partial charge in [0.25, 0.3) is 0 Å². The summed E-state index contributed by atoms with van der Waals surface area (Å²) in [4.78, 5) is 35.6. The van der Waals surface area contributed by atoms with E-state index in [0.29, 0.717) is 23.7 Å². The Morgan fingerprint density at radius 1 is 0.975 bits per heavy atom. The molecule has 0 aromatic carbocycles. The van der Waals surface area contributed by atoms with Gasteiger partial charge in [0.05, 0.1) is 5.60 Å². The van der Waals surface area contributed by atoms with Crippen LogP contribution >= 0.6 is 0 Å². The Labute approximate surface area is 240 Å². The van der Waals surface area contributed by atoms with Crippen LogP contribution < -0.4 is 0 Å². The molecule has 10 atom stereocenters. The molecule has 7 heteroatoms. The van der Waals surface area contributed by atoms with E-state index in [1.165, 1.54) is 39.2 Å². The molecule has 0 aliphatic heterocycles. The summed E-state index contributed by atoms with van der Waals surface area (Å²) < 4.78 is 17.0. The Balaban J connectivity index is 1.54. The van der Waals surface area contributed by atoms with Crippen LogP contribution in [0, 0.1) is 40.4 Å². The maximum Gasteiger partial charge on any atom is 0.303 e. The summed E-state index contributed by atoms with van der Waals surface area (Å²) in [5.74, 6) is 1.35. The summed E-state index contributed by atoms with van der Waals surface area (Å²) in [5.41, 5.74) is 0.562. The normalized spacial score (nSPS) is 37.5. The molecule has 0 saturated heterocycles. The lowest BCUT2D eigenvalue weighted by Gasteiger charge is -2.58. The second-order valence-electron chi connectivity index (χ2n) is 14.5. The largest absolute Gasteiger partial charge is 0.462 e. The second-order valence-corrected chi connectivity index (χ2v) is 14.5. The fourth-order valence-corrected chi connectivity index (χ4v) is 9.60. The van der Waals surface area contributed by atoms with E-state index in [-0.39, 0.29) is 41.2 Å². The first kappa shape index (κ1) is 31.1. The van der Waals surface area contributed by atoms with E-state index in [1.54, 1.807) is 13.8 Å². The van der Waals surface area contributed by atoms with E-state index in [0.717, 1.165) is 38.5 Å². The Morgan fingerprint density at radius 2 is 1.65 bits per heavy atom. The van der Waals surface area contributed by atoms with Crippen LogP contribution in [0.25, 0.3) is 0 Å². The van der Waals surface area contributed by atoms with Gasteiger partial charge >= 0.3 is 17.9 Å². The van der Waals surface area contributed by atoms with Gasteiger partial charge in [-0.3, -0.25) is 14.4 Å². The number of carbonyl (C=O) groups excluding carboxylic acids is 3. The maximum atomic E-state index is 12.2. The first-order valence-electron chi connectivity index (χ1n) is 15.5. The maximum absolute atomic E-state index is 12.2. The topological polar surface area (TPSA) is 99.1 Å². The molecule has 0 bridgehead atoms. The third kappa shape index (κ3) is 6.00. The van der Waals surface area contributed by atoms with Crippen molar-refractivity contribution in [2.45, 2.75) is 137 Å². The lowest BCUT2D eigenvalue weighted by Crippen LogP contribution is -2.52. The number of hydrogen-bond donors (Lipinski definition) is 1. The van der Waals surface area contributed by atoms with Crippen molar-refractivity contribution < 1.29 is 33.7 Å². The Bertz CT molecular complexity index is 1010. The van der Waals surface area contributed by atoms with Crippen molar-refractivity contribution in [2.75, 3.05) is 0 Å². The fraction of sp³-hybridized carbons (Fsp3) is 0.848. The summed E-state index contributed by atoms with van der Waals surface area (Å²) >= 11 is 0. The minimum Gasteiger partial charge on any atom is -0.462 e. The van der Waals surface area contributed by atoms with E-state index in [2.05, 4.69) is 26.8 Å². The van der Waals surface area contributed by atoms with Gasteiger partial charge in [-0.2, -0.15) is 0 Å². The minimum atomic E-state index is -1.25. The molecule has 0 amide bonds. The zero-order valence-corrected chi connectivity index (χ0v) is 26.0. The Hall–Kier alpha value is -1.89. The van der Waals surface area contributed by atoms with Gasteiger partial charge < -0.3 is 19.3 Å². The number of esters is 3. The van der Waals surface area contributed by atoms with Crippen LogP contribution in [0.3, 0.4) is 0 Å². The van der Waals surface area contributed by atoms with Gasteiger partial charge in [0.1, 0.15) is 18.3 Å². The van der Waals surface area contributed by atoms with Crippen LogP contribution in [0.5, 0.6) is 0 Å². The van der Waals surface area contributed by atoms with Crippen molar-refractivity contribution in [3.63, 3.8) is 0 Å². The predicted octanol–water partition coefficient (Wildman–Crippen LogP) is 6.16. The van der Waals surface area contributed by atoms with Crippen molar-refractivity contribution >= 4 is 17.9 Å². The molecule has 0 radical (unpaired) electrons. The van der Waals surface area contributed by atoms with Crippen molar-refractivity contribution in [3.05, 3.63) is 11.6 Å². The van der Waals surface area contributed by atoms with E-state index in [4.69, 9.17) is 14.2 Å². The summed E-state index contributed by atoms with van der Waals surface area (Å²) in [6, 6.07) is 0. The van der Waals surface area contributed by atoms with Crippen LogP contribution in [0.1, 0.15) is 113 Å². The fourth-order valence-electron chi connectivity index (χ4n) is 9.60. The molecule has 3 fully saturated rings. The van der Waals surface area contributed by atoms with Gasteiger partial charge in [0, 0.05) is 33.6 Å². The minimum absolute atomic E-state index is 0.0110. The van der Waals surface area contributed by atoms with Crippen LogP contribution in [0.4, 0.5) is 0 Å². The van der Waals surface area contributed by atoms with E-state index < -0.39 is 23.8 Å². The van der Waals surface area contributed by atoms with Crippen molar-refractivity contribution in [3.8, 4) is 0 Å². The molecule has 4 rings (SSSR count). The van der Waals surface area contributed by atoms with Gasteiger partial charge in [-0.25, -0.2) is 0 Å². The van der Waals surface area contributed by atoms with E-state index in [1.807, 2.05) is 0 Å². The Kier molecular flexibility index (Phi) is 8.86. The number of aliphatic hydroxyl groups is 1. The zero-order valence-electron chi connectivity index (χ0n) is 26.0. The van der Waals surface area contributed by atoms with Crippen molar-refractivity contribution in [1.29, 1.82) is 0 Å². The van der Waals surface area contributed by atoms with Gasteiger partial charge in [0.15, 0.2) is 0 Å². The summed E-state index contributed by atoms with van der Waals surface area (Å²) in [7, 11) is 0. The molecular formula is C33H52O7. The summed E-state index contributed by atoms with van der Waals surface area (Å²) in [6.45, 7) is 14.7. The van der Waals surface area contributed by atoms with E-state index >= 15 is 0 Å². The molecular weight excluding hydrogens is 508 g/mol. The van der Waals surface area contributed by atoms with Gasteiger partial charge in [-0.15, -0.1) is 0 Å². The number of hydrogen-bond acceptors (Lipinski definition) is 7. The molecule has 10 unspecified atom stereocenters. The quantitative estimate of drug-likeness (QED) is 0.216. The number of rotatable bonds is 8. The van der Waals surface area contributed by atoms with Crippen LogP contribution in [-0.2, 0) is 28.6 Å². The molecule has 7 nitrogen and oxygen atoms in total. The van der Waals surface area contributed by atoms with Crippen LogP contribution in [-0.4, -0.2) is 46.9 Å². The molecule has 4 aliphatic rings. The average Bonchev–Trinajstić information content (AvgIpc) is 3.18. The smallest absolute Gasteiger partial charge is 0.303 e. The van der Waals surface area contributed by atoms with Gasteiger partial charge in [0.2, 0.25) is 0 Å². The number of allylic oxidation sites excluding steroid dienone is 1. The molecule has 226 valence electrons.